The van der Waals surface area contributed by atoms with Gasteiger partial charge in [0.15, 0.2) is 6.61 Å². The van der Waals surface area contributed by atoms with E-state index in [0.717, 1.165) is 4.90 Å². The zero-order valence-electron chi connectivity index (χ0n) is 19.4. The number of hydrogen-bond acceptors (Lipinski definition) is 7. The third kappa shape index (κ3) is 5.71. The van der Waals surface area contributed by atoms with Gasteiger partial charge < -0.3 is 19.9 Å². The number of para-hydroxylation sites is 2. The zero-order chi connectivity index (χ0) is 26.5. The summed E-state index contributed by atoms with van der Waals surface area (Å²) < 4.78 is 10.7. The molecule has 0 atom stereocenters. The Balaban J connectivity index is 1.47. The lowest BCUT2D eigenvalue weighted by Crippen LogP contribution is -2.54. The first-order chi connectivity index (χ1) is 17.8. The highest BCUT2D eigenvalue weighted by molar-refractivity contribution is 6.39. The molecule has 1 aliphatic heterocycles. The molecule has 1 aliphatic rings. The van der Waals surface area contributed by atoms with E-state index in [0.29, 0.717) is 17.0 Å². The Morgan fingerprint density at radius 3 is 2.49 bits per heavy atom. The summed E-state index contributed by atoms with van der Waals surface area (Å²) >= 11 is 6.29. The average Bonchev–Trinajstić information content (AvgIpc) is 2.87. The lowest BCUT2D eigenvalue weighted by atomic mass is 10.1. The predicted molar refractivity (Wildman–Crippen MR) is 136 cm³/mol. The molecule has 0 unspecified atom stereocenters. The lowest BCUT2D eigenvalue weighted by Gasteiger charge is -2.26. The summed E-state index contributed by atoms with van der Waals surface area (Å²) in [6.07, 6.45) is 1.28. The fraction of sp³-hybridized carbons (Fsp3) is 0.0769. The number of rotatable bonds is 7. The molecule has 0 saturated carbocycles. The number of carbonyl (C=O) groups is 4. The minimum Gasteiger partial charge on any atom is -0.508 e. The van der Waals surface area contributed by atoms with Gasteiger partial charge in [-0.15, -0.1) is 0 Å². The first kappa shape index (κ1) is 25.3. The largest absolute Gasteiger partial charge is 0.508 e. The summed E-state index contributed by atoms with van der Waals surface area (Å²) in [5.41, 5.74) is 0.747. The molecule has 188 valence electrons. The van der Waals surface area contributed by atoms with Crippen LogP contribution in [0.2, 0.25) is 5.02 Å². The minimum atomic E-state index is -0.911. The molecule has 11 heteroatoms. The molecule has 0 aromatic heterocycles. The van der Waals surface area contributed by atoms with Crippen LogP contribution >= 0.6 is 11.6 Å². The molecule has 10 nitrogen and oxygen atoms in total. The maximum Gasteiger partial charge on any atom is 0.335 e. The number of anilines is 2. The molecule has 3 N–H and O–H groups in total. The van der Waals surface area contributed by atoms with Gasteiger partial charge in [-0.05, 0) is 60.2 Å². The van der Waals surface area contributed by atoms with E-state index in [1.54, 1.807) is 24.3 Å². The van der Waals surface area contributed by atoms with Crippen LogP contribution in [0.25, 0.3) is 6.08 Å². The number of amides is 5. The van der Waals surface area contributed by atoms with E-state index in [2.05, 4.69) is 10.6 Å². The van der Waals surface area contributed by atoms with Crippen LogP contribution in [0.1, 0.15) is 5.56 Å². The van der Waals surface area contributed by atoms with Crippen molar-refractivity contribution in [3.8, 4) is 17.2 Å². The summed E-state index contributed by atoms with van der Waals surface area (Å²) in [5.74, 6) is -1.49. The van der Waals surface area contributed by atoms with Crippen LogP contribution in [0.5, 0.6) is 17.2 Å². The first-order valence-electron chi connectivity index (χ1n) is 10.8. The van der Waals surface area contributed by atoms with E-state index in [-0.39, 0.29) is 34.4 Å². The van der Waals surface area contributed by atoms with Crippen LogP contribution in [0.15, 0.2) is 72.3 Å². The van der Waals surface area contributed by atoms with Crippen molar-refractivity contribution in [1.29, 1.82) is 0 Å². The quantitative estimate of drug-likeness (QED) is 0.318. The molecular weight excluding hydrogens is 502 g/mol. The van der Waals surface area contributed by atoms with Gasteiger partial charge in [-0.25, -0.2) is 9.69 Å². The maximum absolute atomic E-state index is 13.0. The normalized spacial score (nSPS) is 14.4. The standard InChI is InChI=1S/C26H20ClN3O7/c1-36-22-5-3-2-4-20(22)28-23(32)14-37-21-11-6-15(13-19(21)27)12-18-24(33)29-26(35)30(25(18)34)16-7-9-17(31)10-8-16/h2-13,31H,14H2,1H3,(H,28,32)(H,29,33,35)/b18-12-. The molecule has 3 aromatic carbocycles. The Kier molecular flexibility index (Phi) is 7.40. The summed E-state index contributed by atoms with van der Waals surface area (Å²) in [4.78, 5) is 50.7. The van der Waals surface area contributed by atoms with Gasteiger partial charge in [0.25, 0.3) is 17.7 Å². The Morgan fingerprint density at radius 2 is 1.78 bits per heavy atom. The van der Waals surface area contributed by atoms with Gasteiger partial charge in [0.1, 0.15) is 22.8 Å². The monoisotopic (exact) mass is 521 g/mol. The molecule has 0 aliphatic carbocycles. The third-order valence-corrected chi connectivity index (χ3v) is 5.51. The summed E-state index contributed by atoms with van der Waals surface area (Å²) in [7, 11) is 1.49. The number of methoxy groups -OCH3 is 1. The zero-order valence-corrected chi connectivity index (χ0v) is 20.1. The molecule has 0 radical (unpaired) electrons. The first-order valence-corrected chi connectivity index (χ1v) is 11.2. The molecular formula is C26H20ClN3O7. The Bertz CT molecular complexity index is 1420. The number of hydrogen-bond donors (Lipinski definition) is 3. The smallest absolute Gasteiger partial charge is 0.335 e. The topological polar surface area (TPSA) is 134 Å². The summed E-state index contributed by atoms with van der Waals surface area (Å²) in [5, 5.41) is 14.4. The summed E-state index contributed by atoms with van der Waals surface area (Å²) in [6, 6.07) is 15.8. The van der Waals surface area contributed by atoms with Crippen LogP contribution in [-0.4, -0.2) is 42.6 Å². The molecule has 5 amide bonds. The summed E-state index contributed by atoms with van der Waals surface area (Å²) in [6.45, 7) is -0.331. The van der Waals surface area contributed by atoms with Crippen molar-refractivity contribution in [1.82, 2.24) is 5.32 Å². The molecule has 37 heavy (non-hydrogen) atoms. The van der Waals surface area contributed by atoms with Crippen molar-refractivity contribution in [3.05, 3.63) is 82.9 Å². The minimum absolute atomic E-state index is 0.0466. The van der Waals surface area contributed by atoms with Gasteiger partial charge in [0, 0.05) is 0 Å². The molecule has 1 heterocycles. The van der Waals surface area contributed by atoms with Gasteiger partial charge in [-0.3, -0.25) is 19.7 Å². The number of urea groups is 1. The van der Waals surface area contributed by atoms with Crippen molar-refractivity contribution in [2.24, 2.45) is 0 Å². The van der Waals surface area contributed by atoms with Crippen LogP contribution < -0.4 is 25.0 Å². The van der Waals surface area contributed by atoms with E-state index in [4.69, 9.17) is 21.1 Å². The van der Waals surface area contributed by atoms with Crippen molar-refractivity contribution in [2.75, 3.05) is 23.9 Å². The molecule has 1 saturated heterocycles. The number of phenols is 1. The van der Waals surface area contributed by atoms with Gasteiger partial charge in [0.2, 0.25) is 0 Å². The van der Waals surface area contributed by atoms with Crippen LogP contribution in [0.4, 0.5) is 16.2 Å². The number of carbonyl (C=O) groups excluding carboxylic acids is 4. The number of aromatic hydroxyl groups is 1. The van der Waals surface area contributed by atoms with Gasteiger partial charge >= 0.3 is 6.03 Å². The maximum atomic E-state index is 13.0. The molecule has 3 aromatic rings. The van der Waals surface area contributed by atoms with E-state index < -0.39 is 23.8 Å². The Labute approximate surface area is 216 Å². The molecule has 0 bridgehead atoms. The number of barbiturate groups is 1. The second-order valence-corrected chi connectivity index (χ2v) is 8.11. The molecule has 1 fully saturated rings. The van der Waals surface area contributed by atoms with E-state index in [1.165, 1.54) is 55.7 Å². The number of halogens is 1. The predicted octanol–water partition coefficient (Wildman–Crippen LogP) is 3.74. The number of ether oxygens (including phenoxy) is 2. The highest BCUT2D eigenvalue weighted by Crippen LogP contribution is 2.29. The number of nitrogens with one attached hydrogen (secondary N) is 2. The second-order valence-electron chi connectivity index (χ2n) is 7.70. The number of phenolic OH excluding ortho intramolecular Hbond substituents is 1. The van der Waals surface area contributed by atoms with Gasteiger partial charge in [-0.2, -0.15) is 0 Å². The fourth-order valence-corrected chi connectivity index (χ4v) is 3.71. The van der Waals surface area contributed by atoms with Crippen LogP contribution in [-0.2, 0) is 14.4 Å². The number of nitrogens with zero attached hydrogens (tertiary/aromatic N) is 1. The van der Waals surface area contributed by atoms with Crippen molar-refractivity contribution >= 4 is 52.8 Å². The van der Waals surface area contributed by atoms with E-state index in [1.807, 2.05) is 0 Å². The van der Waals surface area contributed by atoms with Gasteiger partial charge in [0.05, 0.1) is 23.5 Å². The van der Waals surface area contributed by atoms with Crippen LogP contribution in [0, 0.1) is 0 Å². The molecule has 4 rings (SSSR count). The third-order valence-electron chi connectivity index (χ3n) is 5.22. The number of imide groups is 2. The number of benzene rings is 3. The van der Waals surface area contributed by atoms with E-state index >= 15 is 0 Å². The van der Waals surface area contributed by atoms with Crippen molar-refractivity contribution in [3.63, 3.8) is 0 Å². The highest BCUT2D eigenvalue weighted by atomic mass is 35.5. The Hall–Kier alpha value is -4.83. The Morgan fingerprint density at radius 1 is 1.05 bits per heavy atom. The fourth-order valence-electron chi connectivity index (χ4n) is 3.46. The highest BCUT2D eigenvalue weighted by Gasteiger charge is 2.36. The van der Waals surface area contributed by atoms with Crippen molar-refractivity contribution in [2.45, 2.75) is 0 Å². The van der Waals surface area contributed by atoms with Crippen molar-refractivity contribution < 1.29 is 33.8 Å². The van der Waals surface area contributed by atoms with Crippen LogP contribution in [0.3, 0.4) is 0 Å². The second kappa shape index (κ2) is 10.8. The molecule has 0 spiro atoms. The lowest BCUT2D eigenvalue weighted by molar-refractivity contribution is -0.122. The van der Waals surface area contributed by atoms with E-state index in [9.17, 15) is 24.3 Å². The average molecular weight is 522 g/mol. The van der Waals surface area contributed by atoms with Gasteiger partial charge in [-0.1, -0.05) is 29.8 Å². The SMILES string of the molecule is COc1ccccc1NC(=O)COc1ccc(/C=C2/C(=O)NC(=O)N(c3ccc(O)cc3)C2=O)cc1Cl.